The fourth-order valence-corrected chi connectivity index (χ4v) is 8.52. The normalized spacial score (nSPS) is 29.4. The summed E-state index contributed by atoms with van der Waals surface area (Å²) in [6, 6.07) is -3.47. The zero-order chi connectivity index (χ0) is 42.8. The van der Waals surface area contributed by atoms with Gasteiger partial charge in [0.1, 0.15) is 24.2 Å². The van der Waals surface area contributed by atoms with Crippen LogP contribution in [0.5, 0.6) is 0 Å². The Hall–Kier alpha value is -3.46. The number of carboxylic acid groups (broad SMARTS) is 2. The highest BCUT2D eigenvalue weighted by atomic mass is 32.2. The Labute approximate surface area is 335 Å². The fraction of sp³-hybridized carbons (Fsp3) is 0.703. The van der Waals surface area contributed by atoms with Gasteiger partial charge >= 0.3 is 11.9 Å². The summed E-state index contributed by atoms with van der Waals surface area (Å²) in [5.41, 5.74) is 1.28. The Bertz CT molecular complexity index is 1600. The molecule has 0 bridgehead atoms. The number of hydrogen-bond donors (Lipinski definition) is 10. The van der Waals surface area contributed by atoms with E-state index in [2.05, 4.69) is 20.9 Å². The number of rotatable bonds is 13. The molecule has 1 aromatic heterocycles. The molecule has 0 saturated carbocycles. The van der Waals surface area contributed by atoms with Gasteiger partial charge in [-0.1, -0.05) is 27.2 Å². The number of hydrogen-bond acceptors (Lipinski definition) is 14. The van der Waals surface area contributed by atoms with Gasteiger partial charge < -0.3 is 52.3 Å². The Kier molecular flexibility index (Phi) is 18.1. The molecular formula is C37H59N5O12S2. The van der Waals surface area contributed by atoms with Crippen molar-refractivity contribution in [2.75, 3.05) is 12.3 Å². The standard InChI is InChI=1S/C37H59N5O12S2/c1-19-9-8-12-36(6,53)27(56-18-25(32(49)39-16-30(46)47)42-28(44)11-10-23(38)33(50)51)14-24(20(2)13-22-17-55-21(3)40-22)41-29(45)15-26(43)35(4,5)34(52)37(7,54)31(19)48/h13,17,19,23-27,31,43,48,53-54H,8-12,14-16,18,38H2,1-7H3,(H,39,49)(H,41,45)(H,42,44)(H,46,47)(H,50,51)/b20-13-/t19?,23?,24?,25?,26?,27?,31?,36-,37?/m1/s1. The zero-order valence-corrected chi connectivity index (χ0v) is 34.7. The number of carbonyl (C=O) groups is 6. The number of nitrogens with two attached hydrogens (primary N) is 1. The second-order valence-electron chi connectivity index (χ2n) is 15.7. The first-order chi connectivity index (χ1) is 25.8. The molecule has 9 atom stereocenters. The molecule has 316 valence electrons. The monoisotopic (exact) mass is 829 g/mol. The molecule has 1 aromatic rings. The lowest BCUT2D eigenvalue weighted by Gasteiger charge is -2.40. The molecule has 0 radical (unpaired) electrons. The van der Waals surface area contributed by atoms with Crippen LogP contribution in [0.2, 0.25) is 0 Å². The van der Waals surface area contributed by atoms with Crippen LogP contribution < -0.4 is 21.7 Å². The number of carbonyl (C=O) groups excluding carboxylic acids is 4. The number of amides is 3. The summed E-state index contributed by atoms with van der Waals surface area (Å²) >= 11 is 2.50. The third-order valence-corrected chi connectivity index (χ3v) is 12.7. The Balaban J connectivity index is 2.60. The van der Waals surface area contributed by atoms with E-state index in [-0.39, 0.29) is 37.9 Å². The second-order valence-corrected chi connectivity index (χ2v) is 18.0. The molecule has 1 aliphatic heterocycles. The maximum absolute atomic E-state index is 13.7. The molecule has 1 fully saturated rings. The SMILES string of the molecule is C/C(=C/c1csc(C)n1)C1CC(SCC(NC(=O)CCC(N)C(=O)O)C(=O)NCC(=O)O)[C@](C)(O)CCCC(C)C(O)C(C)(O)C(=O)C(C)(C)C(O)CC(=O)N1. The number of aliphatic hydroxyl groups is 4. The highest BCUT2D eigenvalue weighted by molar-refractivity contribution is 8.00. The summed E-state index contributed by atoms with van der Waals surface area (Å²) in [5, 5.41) is 73.5. The molecule has 2 heterocycles. The number of aryl methyl sites for hydroxylation is 1. The Morgan fingerprint density at radius 3 is 2.36 bits per heavy atom. The predicted octanol–water partition coefficient (Wildman–Crippen LogP) is 0.738. The van der Waals surface area contributed by atoms with E-state index < -0.39 is 107 Å². The number of Topliss-reactive ketones (excluding diaryl/α,β-unsaturated/α-hetero) is 1. The van der Waals surface area contributed by atoms with Gasteiger partial charge in [-0.15, -0.1) is 11.3 Å². The number of ketones is 1. The van der Waals surface area contributed by atoms with Crippen LogP contribution >= 0.6 is 23.1 Å². The number of aromatic nitrogens is 1. The molecule has 17 nitrogen and oxygen atoms in total. The summed E-state index contributed by atoms with van der Waals surface area (Å²) in [7, 11) is 0. The lowest BCUT2D eigenvalue weighted by Crippen LogP contribution is -2.57. The minimum absolute atomic E-state index is 0.0467. The number of nitrogens with zero attached hydrogens (tertiary/aromatic N) is 1. The van der Waals surface area contributed by atoms with Crippen LogP contribution in [0.15, 0.2) is 11.0 Å². The van der Waals surface area contributed by atoms with E-state index in [1.54, 1.807) is 26.8 Å². The van der Waals surface area contributed by atoms with Gasteiger partial charge in [0.2, 0.25) is 17.7 Å². The number of nitrogens with one attached hydrogen (secondary N) is 3. The van der Waals surface area contributed by atoms with Gasteiger partial charge in [0, 0.05) is 22.8 Å². The second kappa shape index (κ2) is 20.8. The van der Waals surface area contributed by atoms with Crippen LogP contribution in [-0.4, -0.2) is 130 Å². The smallest absolute Gasteiger partial charge is 0.322 e. The van der Waals surface area contributed by atoms with E-state index in [1.807, 2.05) is 12.3 Å². The van der Waals surface area contributed by atoms with Crippen molar-refractivity contribution in [1.29, 1.82) is 0 Å². The quantitative estimate of drug-likeness (QED) is 0.131. The molecule has 56 heavy (non-hydrogen) atoms. The average molecular weight is 830 g/mol. The highest BCUT2D eigenvalue weighted by Gasteiger charge is 2.50. The van der Waals surface area contributed by atoms with Gasteiger partial charge in [0.25, 0.3) is 0 Å². The Morgan fingerprint density at radius 1 is 1.14 bits per heavy atom. The van der Waals surface area contributed by atoms with E-state index >= 15 is 0 Å². The summed E-state index contributed by atoms with van der Waals surface area (Å²) < 4.78 is 0. The molecule has 0 aliphatic carbocycles. The van der Waals surface area contributed by atoms with Crippen molar-refractivity contribution in [2.45, 2.75) is 140 Å². The van der Waals surface area contributed by atoms with Gasteiger partial charge in [-0.2, -0.15) is 11.8 Å². The number of thioether (sulfide) groups is 1. The first-order valence-corrected chi connectivity index (χ1v) is 20.4. The third kappa shape index (κ3) is 14.2. The number of aliphatic hydroxyl groups excluding tert-OH is 2. The van der Waals surface area contributed by atoms with Gasteiger partial charge in [-0.25, -0.2) is 4.98 Å². The van der Waals surface area contributed by atoms with Crippen molar-refractivity contribution in [2.24, 2.45) is 17.1 Å². The molecule has 19 heteroatoms. The number of aliphatic carboxylic acids is 2. The minimum atomic E-state index is -2.29. The Morgan fingerprint density at radius 2 is 1.79 bits per heavy atom. The predicted molar refractivity (Wildman–Crippen MR) is 210 cm³/mol. The summed E-state index contributed by atoms with van der Waals surface area (Å²) in [6.45, 7) is 9.99. The fourth-order valence-electron chi connectivity index (χ4n) is 6.49. The molecule has 3 amide bonds. The lowest BCUT2D eigenvalue weighted by atomic mass is 9.70. The first kappa shape index (κ1) is 48.7. The largest absolute Gasteiger partial charge is 0.480 e. The molecular weight excluding hydrogens is 771 g/mol. The van der Waals surface area contributed by atoms with Crippen molar-refractivity contribution in [1.82, 2.24) is 20.9 Å². The minimum Gasteiger partial charge on any atom is -0.480 e. The van der Waals surface area contributed by atoms with Gasteiger partial charge in [-0.3, -0.25) is 28.8 Å². The van der Waals surface area contributed by atoms with E-state index in [0.717, 1.165) is 16.8 Å². The van der Waals surface area contributed by atoms with Crippen LogP contribution in [0, 0.1) is 18.3 Å². The third-order valence-electron chi connectivity index (χ3n) is 10.3. The van der Waals surface area contributed by atoms with Crippen molar-refractivity contribution in [3.05, 3.63) is 21.7 Å². The average Bonchev–Trinajstić information content (AvgIpc) is 3.52. The number of carboxylic acids is 2. The summed E-state index contributed by atoms with van der Waals surface area (Å²) in [6.07, 6.45) is -1.78. The maximum Gasteiger partial charge on any atom is 0.322 e. The molecule has 8 unspecified atom stereocenters. The zero-order valence-electron chi connectivity index (χ0n) is 33.0. The van der Waals surface area contributed by atoms with Crippen LogP contribution in [0.4, 0.5) is 0 Å². The summed E-state index contributed by atoms with van der Waals surface area (Å²) in [5.74, 6) is -6.55. The molecule has 11 N–H and O–H groups in total. The lowest BCUT2D eigenvalue weighted by molar-refractivity contribution is -0.167. The summed E-state index contributed by atoms with van der Waals surface area (Å²) in [4.78, 5) is 80.2. The van der Waals surface area contributed by atoms with Crippen LogP contribution in [-0.2, 0) is 28.8 Å². The van der Waals surface area contributed by atoms with Crippen LogP contribution in [0.3, 0.4) is 0 Å². The topological polar surface area (TPSA) is 299 Å². The van der Waals surface area contributed by atoms with Crippen molar-refractivity contribution >= 4 is 64.6 Å². The molecule has 0 aromatic carbocycles. The maximum atomic E-state index is 13.7. The van der Waals surface area contributed by atoms with Crippen LogP contribution in [0.1, 0.15) is 97.2 Å². The van der Waals surface area contributed by atoms with Gasteiger partial charge in [0.05, 0.1) is 46.4 Å². The van der Waals surface area contributed by atoms with Crippen molar-refractivity contribution in [3.63, 3.8) is 0 Å². The van der Waals surface area contributed by atoms with Gasteiger partial charge in [0.15, 0.2) is 5.78 Å². The van der Waals surface area contributed by atoms with E-state index in [9.17, 15) is 49.2 Å². The van der Waals surface area contributed by atoms with E-state index in [4.69, 9.17) is 15.9 Å². The van der Waals surface area contributed by atoms with Crippen LogP contribution in [0.25, 0.3) is 6.08 Å². The van der Waals surface area contributed by atoms with Gasteiger partial charge in [-0.05, 0) is 70.9 Å². The van der Waals surface area contributed by atoms with Crippen molar-refractivity contribution in [3.8, 4) is 0 Å². The number of thiazole rings is 1. The van der Waals surface area contributed by atoms with E-state index in [0.29, 0.717) is 17.7 Å². The van der Waals surface area contributed by atoms with E-state index in [1.165, 1.54) is 32.1 Å². The van der Waals surface area contributed by atoms with Crippen molar-refractivity contribution < 1.29 is 59.4 Å². The molecule has 2 rings (SSSR count). The first-order valence-electron chi connectivity index (χ1n) is 18.4. The highest BCUT2D eigenvalue weighted by Crippen LogP contribution is 2.37. The molecule has 1 saturated heterocycles. The molecule has 0 spiro atoms. The molecule has 1 aliphatic rings.